The van der Waals surface area contributed by atoms with Gasteiger partial charge in [-0.15, -0.1) is 11.3 Å². The van der Waals surface area contributed by atoms with E-state index in [1.165, 1.54) is 4.88 Å². The van der Waals surface area contributed by atoms with Crippen LogP contribution in [-0.2, 0) is 6.42 Å². The van der Waals surface area contributed by atoms with Crippen molar-refractivity contribution in [1.29, 1.82) is 0 Å². The molecule has 1 aromatic carbocycles. The number of aliphatic hydroxyl groups excluding tert-OH is 1. The van der Waals surface area contributed by atoms with Gasteiger partial charge >= 0.3 is 0 Å². The van der Waals surface area contributed by atoms with Crippen LogP contribution in [0.25, 0.3) is 0 Å². The second kappa shape index (κ2) is 6.47. The monoisotopic (exact) mass is 305 g/mol. The Kier molecular flexibility index (Phi) is 4.43. The van der Waals surface area contributed by atoms with Crippen molar-refractivity contribution in [3.05, 3.63) is 46.2 Å². The van der Waals surface area contributed by atoms with Crippen LogP contribution in [0.5, 0.6) is 11.5 Å². The summed E-state index contributed by atoms with van der Waals surface area (Å²) in [4.78, 5) is 1.35. The molecule has 21 heavy (non-hydrogen) atoms. The molecular formula is C16H19NO3S. The summed E-state index contributed by atoms with van der Waals surface area (Å²) in [6, 6.07) is 10.1. The maximum atomic E-state index is 10.3. The SMILES string of the molecule is CC(Cc1cccs1)NCC(O)c1ccc2c(c1)OCO2. The Balaban J connectivity index is 1.53. The summed E-state index contributed by atoms with van der Waals surface area (Å²) in [5.41, 5.74) is 0.843. The maximum Gasteiger partial charge on any atom is 0.231 e. The van der Waals surface area contributed by atoms with Crippen molar-refractivity contribution >= 4 is 11.3 Å². The van der Waals surface area contributed by atoms with E-state index in [4.69, 9.17) is 9.47 Å². The van der Waals surface area contributed by atoms with Crippen LogP contribution in [0.3, 0.4) is 0 Å². The highest BCUT2D eigenvalue weighted by atomic mass is 32.1. The van der Waals surface area contributed by atoms with Crippen LogP contribution >= 0.6 is 11.3 Å². The minimum absolute atomic E-state index is 0.255. The molecule has 1 aromatic heterocycles. The minimum Gasteiger partial charge on any atom is -0.454 e. The number of rotatable bonds is 6. The van der Waals surface area contributed by atoms with Crippen molar-refractivity contribution in [1.82, 2.24) is 5.32 Å². The van der Waals surface area contributed by atoms with Crippen LogP contribution in [0.1, 0.15) is 23.5 Å². The van der Waals surface area contributed by atoms with Crippen LogP contribution < -0.4 is 14.8 Å². The molecule has 112 valence electrons. The molecule has 0 saturated carbocycles. The van der Waals surface area contributed by atoms with Gasteiger partial charge in [0.05, 0.1) is 6.10 Å². The Hall–Kier alpha value is -1.56. The first-order valence-corrected chi connectivity index (χ1v) is 7.93. The topological polar surface area (TPSA) is 50.7 Å². The Bertz CT molecular complexity index is 585. The van der Waals surface area contributed by atoms with Gasteiger partial charge in [-0.1, -0.05) is 12.1 Å². The second-order valence-electron chi connectivity index (χ2n) is 5.22. The minimum atomic E-state index is -0.551. The lowest BCUT2D eigenvalue weighted by molar-refractivity contribution is 0.168. The van der Waals surface area contributed by atoms with Gasteiger partial charge in [0.15, 0.2) is 11.5 Å². The summed E-state index contributed by atoms with van der Waals surface area (Å²) in [5, 5.41) is 15.7. The molecule has 3 rings (SSSR count). The summed E-state index contributed by atoms with van der Waals surface area (Å²) < 4.78 is 10.6. The predicted molar refractivity (Wildman–Crippen MR) is 83.0 cm³/mol. The number of benzene rings is 1. The fourth-order valence-corrected chi connectivity index (χ4v) is 3.19. The van der Waals surface area contributed by atoms with Crippen LogP contribution in [0.15, 0.2) is 35.7 Å². The first kappa shape index (κ1) is 14.4. The van der Waals surface area contributed by atoms with Gasteiger partial charge in [-0.05, 0) is 42.5 Å². The molecule has 0 aliphatic carbocycles. The maximum absolute atomic E-state index is 10.3. The first-order valence-electron chi connectivity index (χ1n) is 7.06. The first-order chi connectivity index (χ1) is 10.2. The Morgan fingerprint density at radius 3 is 2.95 bits per heavy atom. The summed E-state index contributed by atoms with van der Waals surface area (Å²) in [6.45, 7) is 2.91. The van der Waals surface area contributed by atoms with E-state index < -0.39 is 6.10 Å². The summed E-state index contributed by atoms with van der Waals surface area (Å²) >= 11 is 1.76. The van der Waals surface area contributed by atoms with Crippen LogP contribution in [0.4, 0.5) is 0 Å². The second-order valence-corrected chi connectivity index (χ2v) is 6.25. The van der Waals surface area contributed by atoms with Crippen molar-refractivity contribution in [2.24, 2.45) is 0 Å². The zero-order valence-corrected chi connectivity index (χ0v) is 12.7. The number of fused-ring (bicyclic) bond motifs is 1. The molecule has 2 atom stereocenters. The van der Waals surface area contributed by atoms with E-state index in [0.717, 1.165) is 17.7 Å². The van der Waals surface area contributed by atoms with Crippen molar-refractivity contribution in [2.45, 2.75) is 25.5 Å². The highest BCUT2D eigenvalue weighted by Crippen LogP contribution is 2.34. The molecule has 1 aliphatic heterocycles. The molecule has 0 fully saturated rings. The Morgan fingerprint density at radius 1 is 1.29 bits per heavy atom. The van der Waals surface area contributed by atoms with Gasteiger partial charge in [0.2, 0.25) is 6.79 Å². The largest absolute Gasteiger partial charge is 0.454 e. The van der Waals surface area contributed by atoms with E-state index in [-0.39, 0.29) is 6.79 Å². The molecule has 5 heteroatoms. The Morgan fingerprint density at radius 2 is 2.14 bits per heavy atom. The molecule has 0 radical (unpaired) electrons. The highest BCUT2D eigenvalue weighted by Gasteiger charge is 2.17. The number of hydrogen-bond acceptors (Lipinski definition) is 5. The molecule has 0 saturated heterocycles. The average molecular weight is 305 g/mol. The molecule has 2 heterocycles. The molecular weight excluding hydrogens is 286 g/mol. The summed E-state index contributed by atoms with van der Waals surface area (Å²) in [7, 11) is 0. The lowest BCUT2D eigenvalue weighted by Crippen LogP contribution is -2.31. The summed E-state index contributed by atoms with van der Waals surface area (Å²) in [5.74, 6) is 1.45. The van der Waals surface area contributed by atoms with Crippen molar-refractivity contribution < 1.29 is 14.6 Å². The Labute approximate surface area is 128 Å². The molecule has 1 aliphatic rings. The molecule has 2 unspecified atom stereocenters. The number of hydrogen-bond donors (Lipinski definition) is 2. The van der Waals surface area contributed by atoms with Gasteiger partial charge in [0.25, 0.3) is 0 Å². The van der Waals surface area contributed by atoms with Crippen molar-refractivity contribution in [3.8, 4) is 11.5 Å². The predicted octanol–water partition coefficient (Wildman–Crippen LogP) is 2.73. The molecule has 4 nitrogen and oxygen atoms in total. The van der Waals surface area contributed by atoms with E-state index >= 15 is 0 Å². The number of thiophene rings is 1. The number of aliphatic hydroxyl groups is 1. The smallest absolute Gasteiger partial charge is 0.231 e. The van der Waals surface area contributed by atoms with E-state index in [1.807, 2.05) is 18.2 Å². The van der Waals surface area contributed by atoms with Crippen LogP contribution in [0.2, 0.25) is 0 Å². The van der Waals surface area contributed by atoms with E-state index in [9.17, 15) is 5.11 Å². The van der Waals surface area contributed by atoms with Gasteiger partial charge in [-0.25, -0.2) is 0 Å². The third kappa shape index (κ3) is 3.56. The van der Waals surface area contributed by atoms with Crippen LogP contribution in [0, 0.1) is 0 Å². The van der Waals surface area contributed by atoms with Gasteiger partial charge in [-0.3, -0.25) is 0 Å². The molecule has 0 spiro atoms. The standard InChI is InChI=1S/C16H19NO3S/c1-11(7-13-3-2-6-21-13)17-9-14(18)12-4-5-15-16(8-12)20-10-19-15/h2-6,8,11,14,17-18H,7,9-10H2,1H3. The average Bonchev–Trinajstić information content (AvgIpc) is 3.14. The lowest BCUT2D eigenvalue weighted by Gasteiger charge is -2.17. The van der Waals surface area contributed by atoms with Crippen molar-refractivity contribution in [2.75, 3.05) is 13.3 Å². The van der Waals surface area contributed by atoms with Gasteiger partial charge in [0.1, 0.15) is 0 Å². The molecule has 2 N–H and O–H groups in total. The van der Waals surface area contributed by atoms with E-state index in [1.54, 1.807) is 11.3 Å². The normalized spacial score (nSPS) is 15.9. The van der Waals surface area contributed by atoms with Crippen LogP contribution in [-0.4, -0.2) is 24.5 Å². The zero-order valence-electron chi connectivity index (χ0n) is 11.9. The van der Waals surface area contributed by atoms with Crippen molar-refractivity contribution in [3.63, 3.8) is 0 Å². The summed E-state index contributed by atoms with van der Waals surface area (Å²) in [6.07, 6.45) is 0.427. The lowest BCUT2D eigenvalue weighted by atomic mass is 10.1. The molecule has 0 amide bonds. The third-order valence-corrected chi connectivity index (χ3v) is 4.43. The third-order valence-electron chi connectivity index (χ3n) is 3.53. The zero-order chi connectivity index (χ0) is 14.7. The number of nitrogens with one attached hydrogen (secondary N) is 1. The molecule has 0 bridgehead atoms. The highest BCUT2D eigenvalue weighted by molar-refractivity contribution is 7.09. The van der Waals surface area contributed by atoms with E-state index in [2.05, 4.69) is 29.8 Å². The van der Waals surface area contributed by atoms with Gasteiger partial charge < -0.3 is 19.9 Å². The van der Waals surface area contributed by atoms with Gasteiger partial charge in [0, 0.05) is 17.5 Å². The fraction of sp³-hybridized carbons (Fsp3) is 0.375. The quantitative estimate of drug-likeness (QED) is 0.861. The van der Waals surface area contributed by atoms with E-state index in [0.29, 0.717) is 18.3 Å². The number of ether oxygens (including phenoxy) is 2. The fourth-order valence-electron chi connectivity index (χ4n) is 2.35. The molecule has 2 aromatic rings. The van der Waals surface area contributed by atoms with Gasteiger partial charge in [-0.2, -0.15) is 0 Å².